The number of carbonyl (C=O) groups excluding carboxylic acids is 1. The molecule has 2 nitrogen and oxygen atoms in total. The third kappa shape index (κ3) is 1.02. The Labute approximate surface area is 53.5 Å². The van der Waals surface area contributed by atoms with Crippen molar-refractivity contribution in [2.75, 3.05) is 0 Å². The molecule has 1 rings (SSSR count). The fourth-order valence-electron chi connectivity index (χ4n) is 0.699. The number of rotatable bonds is 0. The second-order valence-electron chi connectivity index (χ2n) is 2.04. The Morgan fingerprint density at radius 2 is 2.33 bits per heavy atom. The first kappa shape index (κ1) is 6.08. The van der Waals surface area contributed by atoms with Crippen LogP contribution in [0.4, 0.5) is 0 Å². The number of hydrogen-bond acceptors (Lipinski definition) is 2. The van der Waals surface area contributed by atoms with E-state index in [1.54, 1.807) is 19.1 Å². The van der Waals surface area contributed by atoms with Gasteiger partial charge in [-0.15, -0.1) is 0 Å². The van der Waals surface area contributed by atoms with E-state index in [9.17, 15) is 4.79 Å². The van der Waals surface area contributed by atoms with Crippen LogP contribution < -0.4 is 0 Å². The van der Waals surface area contributed by atoms with E-state index in [2.05, 4.69) is 0 Å². The Morgan fingerprint density at radius 1 is 1.67 bits per heavy atom. The molecule has 0 bridgehead atoms. The smallest absolute Gasteiger partial charge is 0.166 e. The Hall–Kier alpha value is -1.05. The van der Waals surface area contributed by atoms with Gasteiger partial charge in [0.05, 0.1) is 0 Å². The summed E-state index contributed by atoms with van der Waals surface area (Å²) in [6.45, 7) is 1.63. The van der Waals surface area contributed by atoms with Gasteiger partial charge in [-0.25, -0.2) is 0 Å². The highest BCUT2D eigenvalue weighted by Gasteiger charge is 2.09. The molecule has 48 valence electrons. The molecule has 1 aliphatic carbocycles. The van der Waals surface area contributed by atoms with E-state index in [1.807, 2.05) is 0 Å². The van der Waals surface area contributed by atoms with Gasteiger partial charge in [-0.3, -0.25) is 4.79 Å². The first-order chi connectivity index (χ1) is 4.22. The van der Waals surface area contributed by atoms with E-state index in [0.29, 0.717) is 12.0 Å². The molecule has 1 aliphatic rings. The average Bonchev–Trinajstić information content (AvgIpc) is 1.83. The molecule has 0 heterocycles. The molecule has 2 heteroatoms. The van der Waals surface area contributed by atoms with Crippen molar-refractivity contribution < 1.29 is 9.90 Å². The van der Waals surface area contributed by atoms with Gasteiger partial charge in [-0.1, -0.05) is 6.08 Å². The molecule has 0 fully saturated rings. The van der Waals surface area contributed by atoms with E-state index < -0.39 is 0 Å². The van der Waals surface area contributed by atoms with Crippen molar-refractivity contribution in [3.63, 3.8) is 0 Å². The molecule has 1 N–H and O–H groups in total. The van der Waals surface area contributed by atoms with Crippen molar-refractivity contribution in [3.05, 3.63) is 23.5 Å². The van der Waals surface area contributed by atoms with Crippen LogP contribution in [0.25, 0.3) is 0 Å². The summed E-state index contributed by atoms with van der Waals surface area (Å²) in [6.07, 6.45) is 3.64. The second kappa shape index (κ2) is 2.05. The van der Waals surface area contributed by atoms with Gasteiger partial charge in [0, 0.05) is 12.0 Å². The van der Waals surface area contributed by atoms with Crippen LogP contribution in [0.2, 0.25) is 0 Å². The largest absolute Gasteiger partial charge is 0.508 e. The van der Waals surface area contributed by atoms with Crippen molar-refractivity contribution in [3.8, 4) is 0 Å². The minimum absolute atomic E-state index is 0.00926. The Kier molecular flexibility index (Phi) is 1.39. The number of allylic oxidation sites excluding steroid dienone is 3. The third-order valence-electron chi connectivity index (χ3n) is 1.38. The van der Waals surface area contributed by atoms with Gasteiger partial charge in [0.15, 0.2) is 5.78 Å². The summed E-state index contributed by atoms with van der Waals surface area (Å²) in [5.41, 5.74) is 0.470. The average molecular weight is 124 g/mol. The number of aliphatic hydroxyl groups is 1. The predicted octanol–water partition coefficient (Wildman–Crippen LogP) is 1.35. The van der Waals surface area contributed by atoms with E-state index in [1.165, 1.54) is 0 Å². The summed E-state index contributed by atoms with van der Waals surface area (Å²) in [5, 5.41) is 8.92. The zero-order valence-electron chi connectivity index (χ0n) is 5.22. The molecule has 0 saturated heterocycles. The Bertz CT molecular complexity index is 199. The minimum atomic E-state index is 0.00926. The van der Waals surface area contributed by atoms with Gasteiger partial charge in [0.1, 0.15) is 5.76 Å². The third-order valence-corrected chi connectivity index (χ3v) is 1.38. The zero-order chi connectivity index (χ0) is 6.85. The summed E-state index contributed by atoms with van der Waals surface area (Å²) in [6, 6.07) is 0. The van der Waals surface area contributed by atoms with Gasteiger partial charge >= 0.3 is 0 Å². The van der Waals surface area contributed by atoms with Crippen molar-refractivity contribution >= 4 is 5.78 Å². The zero-order valence-corrected chi connectivity index (χ0v) is 5.22. The van der Waals surface area contributed by atoms with E-state index >= 15 is 0 Å². The normalized spacial score (nSPS) is 19.0. The van der Waals surface area contributed by atoms with Crippen molar-refractivity contribution in [2.24, 2.45) is 0 Å². The van der Waals surface area contributed by atoms with Crippen molar-refractivity contribution in [1.82, 2.24) is 0 Å². The molecule has 0 amide bonds. The van der Waals surface area contributed by atoms with E-state index in [-0.39, 0.29) is 11.5 Å². The molecular weight excluding hydrogens is 116 g/mol. The quantitative estimate of drug-likeness (QED) is 0.529. The first-order valence-corrected chi connectivity index (χ1v) is 2.81. The predicted molar refractivity (Wildman–Crippen MR) is 34.1 cm³/mol. The summed E-state index contributed by atoms with van der Waals surface area (Å²) >= 11 is 0. The number of ketones is 1. The van der Waals surface area contributed by atoms with Gasteiger partial charge in [-0.2, -0.15) is 0 Å². The van der Waals surface area contributed by atoms with Gasteiger partial charge < -0.3 is 5.11 Å². The molecule has 0 aliphatic heterocycles. The molecular formula is C7H8O2. The molecule has 0 unspecified atom stereocenters. The summed E-state index contributed by atoms with van der Waals surface area (Å²) in [7, 11) is 0. The summed E-state index contributed by atoms with van der Waals surface area (Å²) < 4.78 is 0. The Morgan fingerprint density at radius 3 is 2.78 bits per heavy atom. The van der Waals surface area contributed by atoms with Gasteiger partial charge in [0.2, 0.25) is 0 Å². The minimum Gasteiger partial charge on any atom is -0.508 e. The van der Waals surface area contributed by atoms with Gasteiger partial charge in [-0.05, 0) is 13.0 Å². The molecule has 0 aromatic carbocycles. The lowest BCUT2D eigenvalue weighted by molar-refractivity contribution is -0.115. The molecule has 0 saturated carbocycles. The highest BCUT2D eigenvalue weighted by Crippen LogP contribution is 2.11. The van der Waals surface area contributed by atoms with Crippen molar-refractivity contribution in [2.45, 2.75) is 13.3 Å². The fraction of sp³-hybridized carbons (Fsp3) is 0.286. The molecule has 9 heavy (non-hydrogen) atoms. The second-order valence-corrected chi connectivity index (χ2v) is 2.04. The van der Waals surface area contributed by atoms with Gasteiger partial charge in [0.25, 0.3) is 0 Å². The number of Topliss-reactive ketones (excluding diaryl/α,β-unsaturated/α-hetero) is 1. The highest BCUT2D eigenvalue weighted by atomic mass is 16.3. The van der Waals surface area contributed by atoms with Crippen LogP contribution in [0.1, 0.15) is 13.3 Å². The van der Waals surface area contributed by atoms with Crippen LogP contribution in [0, 0.1) is 0 Å². The van der Waals surface area contributed by atoms with Crippen molar-refractivity contribution in [1.29, 1.82) is 0 Å². The number of carbonyl (C=O) groups is 1. The van der Waals surface area contributed by atoms with E-state index in [4.69, 9.17) is 5.11 Å². The standard InChI is InChI=1S/C7H8O2/c1-5-6(8)3-2-4-7(5)9/h2-3,8H,4H2,1H3. The fourth-order valence-corrected chi connectivity index (χ4v) is 0.699. The van der Waals surface area contributed by atoms with Crippen LogP contribution in [0.15, 0.2) is 23.5 Å². The molecule has 0 aromatic rings. The SMILES string of the molecule is CC1=C(O)C=CCC1=O. The number of hydrogen-bond donors (Lipinski definition) is 1. The molecule has 0 spiro atoms. The van der Waals surface area contributed by atoms with Crippen LogP contribution >= 0.6 is 0 Å². The maximum atomic E-state index is 10.7. The van der Waals surface area contributed by atoms with Crippen LogP contribution in [0.3, 0.4) is 0 Å². The molecule has 0 radical (unpaired) electrons. The monoisotopic (exact) mass is 124 g/mol. The van der Waals surface area contributed by atoms with Crippen LogP contribution in [-0.4, -0.2) is 10.9 Å². The Balaban J connectivity index is 2.97. The lowest BCUT2D eigenvalue weighted by atomic mass is 10.0. The molecule has 0 aromatic heterocycles. The summed E-state index contributed by atoms with van der Waals surface area (Å²) in [4.78, 5) is 10.7. The summed E-state index contributed by atoms with van der Waals surface area (Å²) in [5.74, 6) is 0.112. The lowest BCUT2D eigenvalue weighted by Crippen LogP contribution is -2.04. The lowest BCUT2D eigenvalue weighted by Gasteiger charge is -2.03. The first-order valence-electron chi connectivity index (χ1n) is 2.81. The number of aliphatic hydroxyl groups excluding tert-OH is 1. The van der Waals surface area contributed by atoms with Crippen LogP contribution in [0.5, 0.6) is 0 Å². The topological polar surface area (TPSA) is 37.3 Å². The molecule has 0 atom stereocenters. The highest BCUT2D eigenvalue weighted by molar-refractivity contribution is 5.97. The van der Waals surface area contributed by atoms with E-state index in [0.717, 1.165) is 0 Å². The maximum Gasteiger partial charge on any atom is 0.166 e. The maximum absolute atomic E-state index is 10.7. The van der Waals surface area contributed by atoms with Crippen LogP contribution in [-0.2, 0) is 4.79 Å².